The predicted molar refractivity (Wildman–Crippen MR) is 425 cm³/mol. The van der Waals surface area contributed by atoms with Gasteiger partial charge in [0.05, 0.1) is 44.1 Å². The number of fused-ring (bicyclic) bond motifs is 17. The lowest BCUT2D eigenvalue weighted by Crippen LogP contribution is -1.95. The van der Waals surface area contributed by atoms with Gasteiger partial charge in [0.2, 0.25) is 0 Å². The molecular weight excluding hydrogens is 1210 g/mol. The van der Waals surface area contributed by atoms with Crippen molar-refractivity contribution in [1.82, 2.24) is 18.3 Å². The fraction of sp³-hybridized carbons (Fsp3) is 0. The minimum atomic E-state index is 1.15. The van der Waals surface area contributed by atoms with Gasteiger partial charge in [-0.15, -0.1) is 0 Å². The third-order valence-corrected chi connectivity index (χ3v) is 20.8. The van der Waals surface area contributed by atoms with Crippen molar-refractivity contribution in [3.05, 3.63) is 376 Å². The highest BCUT2D eigenvalue weighted by Crippen LogP contribution is 2.46. The first-order chi connectivity index (χ1) is 49.6. The van der Waals surface area contributed by atoms with Crippen molar-refractivity contribution in [3.8, 4) is 67.3 Å². The molecule has 4 nitrogen and oxygen atoms in total. The largest absolute Gasteiger partial charge is 0.309 e. The van der Waals surface area contributed by atoms with Crippen LogP contribution in [0.15, 0.2) is 376 Å². The van der Waals surface area contributed by atoms with Crippen LogP contribution in [-0.4, -0.2) is 18.3 Å². The number of aromatic nitrogens is 4. The van der Waals surface area contributed by atoms with E-state index in [4.69, 9.17) is 0 Å². The van der Waals surface area contributed by atoms with Crippen LogP contribution in [0.1, 0.15) is 0 Å². The Hall–Kier alpha value is -13.3. The monoisotopic (exact) mass is 1270 g/mol. The van der Waals surface area contributed by atoms with E-state index in [1.54, 1.807) is 0 Å². The van der Waals surface area contributed by atoms with Crippen LogP contribution < -0.4 is 0 Å². The van der Waals surface area contributed by atoms with Crippen molar-refractivity contribution in [2.75, 3.05) is 0 Å². The summed E-state index contributed by atoms with van der Waals surface area (Å²) in [6.45, 7) is 0. The summed E-state index contributed by atoms with van der Waals surface area (Å²) in [6.07, 6.45) is 0. The van der Waals surface area contributed by atoms with E-state index in [0.717, 1.165) is 11.4 Å². The van der Waals surface area contributed by atoms with E-state index in [0.29, 0.717) is 0 Å². The summed E-state index contributed by atoms with van der Waals surface area (Å²) in [5.74, 6) is 0. The van der Waals surface area contributed by atoms with Crippen LogP contribution in [0.25, 0.3) is 187 Å². The van der Waals surface area contributed by atoms with Gasteiger partial charge in [0.1, 0.15) is 0 Å². The molecule has 17 aromatic carbocycles. The van der Waals surface area contributed by atoms with Crippen molar-refractivity contribution in [1.29, 1.82) is 0 Å². The maximum Gasteiger partial charge on any atom is 0.0548 e. The molecule has 0 aliphatic rings. The fourth-order valence-electron chi connectivity index (χ4n) is 16.1. The van der Waals surface area contributed by atoms with Crippen LogP contribution in [0.2, 0.25) is 0 Å². The summed E-state index contributed by atoms with van der Waals surface area (Å²) in [5.41, 5.74) is 24.1. The van der Waals surface area contributed by atoms with E-state index in [1.165, 1.54) is 175 Å². The number of rotatable bonds is 8. The standard InChI is InChI=1S/C50H32N2.C46H30N2/c1-3-11-38-31-40(22-21-33(38)9-1)37-19-17-35(18-20-37)36-23-26-41(27-24-36)51-45-15-7-5-13-43(45)49-47(51)29-30-48-50(49)44-14-6-8-16-46(44)52(48)42-28-25-34-10-2-4-12-39(34)32-42;1-2-12-31(13-3-1)33-16-10-17-34(28-33)36-18-11-19-37(30-36)47-41-22-8-6-20-39(41)45-43(47)26-27-44-46(45)40-21-7-9-23-42(40)48(44)38-25-24-32-14-4-5-15-35(32)29-38/h1-32H;1-30H. The Kier molecular flexibility index (Phi) is 13.2. The highest BCUT2D eigenvalue weighted by Gasteiger charge is 2.23. The molecule has 0 radical (unpaired) electrons. The Morgan fingerprint density at radius 3 is 0.850 bits per heavy atom. The van der Waals surface area contributed by atoms with E-state index >= 15 is 0 Å². The summed E-state index contributed by atoms with van der Waals surface area (Å²) in [4.78, 5) is 0. The minimum Gasteiger partial charge on any atom is -0.309 e. The number of para-hydroxylation sites is 4. The van der Waals surface area contributed by atoms with Crippen LogP contribution in [0.5, 0.6) is 0 Å². The second-order valence-corrected chi connectivity index (χ2v) is 26.4. The van der Waals surface area contributed by atoms with Crippen molar-refractivity contribution in [2.24, 2.45) is 0 Å². The Bertz CT molecular complexity index is 6820. The molecule has 0 bridgehead atoms. The van der Waals surface area contributed by atoms with Gasteiger partial charge in [0, 0.05) is 65.8 Å². The second kappa shape index (κ2) is 23.2. The van der Waals surface area contributed by atoms with Crippen molar-refractivity contribution in [2.45, 2.75) is 0 Å². The second-order valence-electron chi connectivity index (χ2n) is 26.4. The number of benzene rings is 17. The molecule has 0 spiro atoms. The third-order valence-electron chi connectivity index (χ3n) is 20.8. The van der Waals surface area contributed by atoms with Crippen molar-refractivity contribution < 1.29 is 0 Å². The number of hydrogen-bond acceptors (Lipinski definition) is 0. The van der Waals surface area contributed by atoms with Gasteiger partial charge < -0.3 is 18.3 Å². The molecule has 21 aromatic rings. The molecule has 4 heterocycles. The zero-order valence-corrected chi connectivity index (χ0v) is 54.6. The van der Waals surface area contributed by atoms with Crippen molar-refractivity contribution >= 4 is 120 Å². The molecule has 100 heavy (non-hydrogen) atoms. The predicted octanol–water partition coefficient (Wildman–Crippen LogP) is 25.9. The lowest BCUT2D eigenvalue weighted by Gasteiger charge is -2.12. The van der Waals surface area contributed by atoms with E-state index in [-0.39, 0.29) is 0 Å². The van der Waals surface area contributed by atoms with E-state index in [1.807, 2.05) is 0 Å². The fourth-order valence-corrected chi connectivity index (χ4v) is 16.1. The Morgan fingerprint density at radius 1 is 0.130 bits per heavy atom. The molecule has 0 saturated heterocycles. The Labute approximate surface area is 577 Å². The van der Waals surface area contributed by atoms with Crippen LogP contribution in [0.3, 0.4) is 0 Å². The molecule has 0 N–H and O–H groups in total. The van der Waals surface area contributed by atoms with Crippen LogP contribution >= 0.6 is 0 Å². The average molecular weight is 1270 g/mol. The van der Waals surface area contributed by atoms with Crippen LogP contribution in [0.4, 0.5) is 0 Å². The zero-order valence-electron chi connectivity index (χ0n) is 54.6. The molecule has 466 valence electrons. The van der Waals surface area contributed by atoms with E-state index in [2.05, 4.69) is 394 Å². The number of hydrogen-bond donors (Lipinski definition) is 0. The summed E-state index contributed by atoms with van der Waals surface area (Å²) >= 11 is 0. The van der Waals surface area contributed by atoms with Crippen LogP contribution in [-0.2, 0) is 0 Å². The zero-order chi connectivity index (χ0) is 65.8. The van der Waals surface area contributed by atoms with Gasteiger partial charge >= 0.3 is 0 Å². The maximum absolute atomic E-state index is 2.44. The smallest absolute Gasteiger partial charge is 0.0548 e. The van der Waals surface area contributed by atoms with Gasteiger partial charge in [0.25, 0.3) is 0 Å². The van der Waals surface area contributed by atoms with Gasteiger partial charge in [-0.1, -0.05) is 267 Å². The van der Waals surface area contributed by atoms with Gasteiger partial charge in [-0.3, -0.25) is 0 Å². The first-order valence-electron chi connectivity index (χ1n) is 34.5. The van der Waals surface area contributed by atoms with E-state index in [9.17, 15) is 0 Å². The van der Waals surface area contributed by atoms with Gasteiger partial charge in [-0.05, 0) is 186 Å². The quantitative estimate of drug-likeness (QED) is 0.144. The average Bonchev–Trinajstić information content (AvgIpc) is 1.55. The van der Waals surface area contributed by atoms with Crippen LogP contribution in [0, 0.1) is 0 Å². The third kappa shape index (κ3) is 9.30. The van der Waals surface area contributed by atoms with Gasteiger partial charge in [-0.25, -0.2) is 0 Å². The van der Waals surface area contributed by atoms with E-state index < -0.39 is 0 Å². The number of nitrogens with zero attached hydrogens (tertiary/aromatic N) is 4. The topological polar surface area (TPSA) is 19.7 Å². The molecule has 4 heteroatoms. The highest BCUT2D eigenvalue weighted by molar-refractivity contribution is 6.30. The molecule has 0 atom stereocenters. The lowest BCUT2D eigenvalue weighted by atomic mass is 9.98. The molecule has 4 aromatic heterocycles. The summed E-state index contributed by atoms with van der Waals surface area (Å²) < 4.78 is 9.74. The first kappa shape index (κ1) is 57.0. The molecule has 0 aliphatic carbocycles. The lowest BCUT2D eigenvalue weighted by molar-refractivity contribution is 1.17. The molecule has 0 aliphatic heterocycles. The molecule has 21 rings (SSSR count). The van der Waals surface area contributed by atoms with Gasteiger partial charge in [0.15, 0.2) is 0 Å². The first-order valence-corrected chi connectivity index (χ1v) is 34.5. The summed E-state index contributed by atoms with van der Waals surface area (Å²) in [7, 11) is 0. The summed E-state index contributed by atoms with van der Waals surface area (Å²) in [6, 6.07) is 137. The SMILES string of the molecule is c1ccc(-c2cccc(-c3cccc(-n4c5ccccc5c5c6c7ccccc7n(-c7ccc8ccccc8c7)c6ccc54)c3)c2)cc1.c1ccc2cc(-c3ccc(-c4ccc(-n5c6ccccc6c6c7c8ccccc8n(-c8ccc9ccccc9c8)c7ccc65)cc4)cc3)ccc2c1. The molecular formula is C96H62N4. The highest BCUT2D eigenvalue weighted by atomic mass is 15.0. The Morgan fingerprint density at radius 2 is 0.400 bits per heavy atom. The normalized spacial score (nSPS) is 11.8. The minimum absolute atomic E-state index is 1.15. The Balaban J connectivity index is 0.000000135. The molecule has 0 saturated carbocycles. The maximum atomic E-state index is 2.44. The summed E-state index contributed by atoms with van der Waals surface area (Å²) in [5, 5.41) is 17.7. The van der Waals surface area contributed by atoms with Gasteiger partial charge in [-0.2, -0.15) is 0 Å². The van der Waals surface area contributed by atoms with Crippen molar-refractivity contribution in [3.63, 3.8) is 0 Å². The molecule has 0 unspecified atom stereocenters. The molecule has 0 fully saturated rings. The molecule has 0 amide bonds.